The lowest BCUT2D eigenvalue weighted by molar-refractivity contribution is 0.309. The topological polar surface area (TPSA) is 55.5 Å². The van der Waals surface area contributed by atoms with Crippen LogP contribution in [0.1, 0.15) is 32.4 Å². The smallest absolute Gasteiger partial charge is 0.163 e. The summed E-state index contributed by atoms with van der Waals surface area (Å²) in [6, 6.07) is 3.27. The quantitative estimate of drug-likeness (QED) is 0.873. The molecule has 0 aliphatic heterocycles. The Labute approximate surface area is 117 Å². The largest absolute Gasteiger partial charge is 0.504 e. The third-order valence-corrected chi connectivity index (χ3v) is 3.28. The van der Waals surface area contributed by atoms with Gasteiger partial charge in [-0.25, -0.2) is 0 Å². The molecule has 0 aromatic heterocycles. The van der Waals surface area contributed by atoms with Crippen LogP contribution >= 0.6 is 28.3 Å². The standard InChI is InChI=1S/C12H18BrNO2.ClH/c1-12(2,3)11(14)9-7(13)5-6-8(16-4)10(9)15;/h5-6,11,15H,14H2,1-4H3;1H/t11-;/m1./s1. The summed E-state index contributed by atoms with van der Waals surface area (Å²) in [5, 5.41) is 10.1. The van der Waals surface area contributed by atoms with E-state index in [1.165, 1.54) is 7.11 Å². The molecule has 3 N–H and O–H groups in total. The molecule has 0 amide bonds. The van der Waals surface area contributed by atoms with Gasteiger partial charge >= 0.3 is 0 Å². The van der Waals surface area contributed by atoms with E-state index in [-0.39, 0.29) is 29.6 Å². The molecule has 1 rings (SSSR count). The average molecular weight is 325 g/mol. The van der Waals surface area contributed by atoms with E-state index in [1.54, 1.807) is 6.07 Å². The molecule has 0 aliphatic carbocycles. The molecule has 1 aromatic carbocycles. The van der Waals surface area contributed by atoms with Gasteiger partial charge in [0.1, 0.15) is 0 Å². The normalized spacial score (nSPS) is 12.8. The summed E-state index contributed by atoms with van der Waals surface area (Å²) >= 11 is 3.41. The predicted molar refractivity (Wildman–Crippen MR) is 76.0 cm³/mol. The Morgan fingerprint density at radius 3 is 2.29 bits per heavy atom. The van der Waals surface area contributed by atoms with E-state index in [2.05, 4.69) is 15.9 Å². The van der Waals surface area contributed by atoms with Crippen molar-refractivity contribution in [2.24, 2.45) is 11.1 Å². The summed E-state index contributed by atoms with van der Waals surface area (Å²) in [5.41, 5.74) is 6.71. The summed E-state index contributed by atoms with van der Waals surface area (Å²) in [6.45, 7) is 6.09. The van der Waals surface area contributed by atoms with Crippen molar-refractivity contribution in [3.05, 3.63) is 22.2 Å². The molecule has 98 valence electrons. The number of hydrogen-bond donors (Lipinski definition) is 2. The van der Waals surface area contributed by atoms with E-state index < -0.39 is 0 Å². The first-order valence-electron chi connectivity index (χ1n) is 5.10. The van der Waals surface area contributed by atoms with E-state index in [0.29, 0.717) is 11.3 Å². The van der Waals surface area contributed by atoms with Gasteiger partial charge in [0.05, 0.1) is 7.11 Å². The number of rotatable bonds is 2. The number of halogens is 2. The molecule has 0 saturated carbocycles. The van der Waals surface area contributed by atoms with Gasteiger partial charge in [0.15, 0.2) is 11.5 Å². The first kappa shape index (κ1) is 16.6. The Morgan fingerprint density at radius 1 is 1.35 bits per heavy atom. The minimum absolute atomic E-state index is 0. The van der Waals surface area contributed by atoms with Gasteiger partial charge < -0.3 is 15.6 Å². The van der Waals surface area contributed by atoms with Crippen molar-refractivity contribution in [1.29, 1.82) is 0 Å². The van der Waals surface area contributed by atoms with Gasteiger partial charge in [0, 0.05) is 16.1 Å². The van der Waals surface area contributed by atoms with Crippen LogP contribution < -0.4 is 10.5 Å². The number of hydrogen-bond acceptors (Lipinski definition) is 3. The van der Waals surface area contributed by atoms with Gasteiger partial charge in [-0.05, 0) is 17.5 Å². The van der Waals surface area contributed by atoms with Gasteiger partial charge in [-0.3, -0.25) is 0 Å². The highest BCUT2D eigenvalue weighted by atomic mass is 79.9. The molecule has 1 atom stereocenters. The molecule has 17 heavy (non-hydrogen) atoms. The number of ether oxygens (including phenoxy) is 1. The number of phenols is 1. The number of phenolic OH excluding ortho intramolecular Hbond substituents is 1. The van der Waals surface area contributed by atoms with Crippen molar-refractivity contribution in [1.82, 2.24) is 0 Å². The molecular formula is C12H19BrClNO2. The highest BCUT2D eigenvalue weighted by Crippen LogP contribution is 2.43. The average Bonchev–Trinajstić information content (AvgIpc) is 2.16. The Balaban J connectivity index is 0.00000256. The van der Waals surface area contributed by atoms with Crippen LogP contribution in [0.2, 0.25) is 0 Å². The molecule has 1 aromatic rings. The Hall–Kier alpha value is -0.450. The molecule has 5 heteroatoms. The van der Waals surface area contributed by atoms with Gasteiger partial charge in [-0.2, -0.15) is 0 Å². The van der Waals surface area contributed by atoms with E-state index in [9.17, 15) is 5.11 Å². The first-order chi connectivity index (χ1) is 7.29. The van der Waals surface area contributed by atoms with E-state index in [1.807, 2.05) is 26.8 Å². The number of benzene rings is 1. The third kappa shape index (κ3) is 3.50. The number of methoxy groups -OCH3 is 1. The summed E-state index contributed by atoms with van der Waals surface area (Å²) in [6.07, 6.45) is 0. The maximum atomic E-state index is 10.1. The van der Waals surface area contributed by atoms with Gasteiger partial charge in [-0.1, -0.05) is 36.7 Å². The Kier molecular flexibility index (Phi) is 5.78. The maximum Gasteiger partial charge on any atom is 0.163 e. The molecule has 0 aliphatic rings. The van der Waals surface area contributed by atoms with Crippen LogP contribution in [0.4, 0.5) is 0 Å². The molecule has 0 radical (unpaired) electrons. The van der Waals surface area contributed by atoms with Crippen LogP contribution in [0.25, 0.3) is 0 Å². The zero-order chi connectivity index (χ0) is 12.5. The molecule has 0 saturated heterocycles. The summed E-state index contributed by atoms with van der Waals surface area (Å²) in [7, 11) is 1.52. The summed E-state index contributed by atoms with van der Waals surface area (Å²) in [5.74, 6) is 0.553. The number of aromatic hydroxyl groups is 1. The fraction of sp³-hybridized carbons (Fsp3) is 0.500. The minimum atomic E-state index is -0.267. The maximum absolute atomic E-state index is 10.1. The highest BCUT2D eigenvalue weighted by Gasteiger charge is 2.28. The van der Waals surface area contributed by atoms with Gasteiger partial charge in [-0.15, -0.1) is 12.4 Å². The second kappa shape index (κ2) is 5.94. The summed E-state index contributed by atoms with van der Waals surface area (Å²) in [4.78, 5) is 0. The first-order valence-corrected chi connectivity index (χ1v) is 5.89. The minimum Gasteiger partial charge on any atom is -0.504 e. The molecule has 0 fully saturated rings. The van der Waals surface area contributed by atoms with E-state index >= 15 is 0 Å². The van der Waals surface area contributed by atoms with Crippen molar-refractivity contribution in [2.75, 3.05) is 7.11 Å². The van der Waals surface area contributed by atoms with Crippen molar-refractivity contribution in [3.63, 3.8) is 0 Å². The lowest BCUT2D eigenvalue weighted by atomic mass is 9.82. The van der Waals surface area contributed by atoms with Crippen LogP contribution in [0.15, 0.2) is 16.6 Å². The molecular weight excluding hydrogens is 305 g/mol. The molecule has 0 unspecified atom stereocenters. The molecule has 0 heterocycles. The van der Waals surface area contributed by atoms with E-state index in [4.69, 9.17) is 10.5 Å². The zero-order valence-corrected chi connectivity index (χ0v) is 12.9. The fourth-order valence-electron chi connectivity index (χ4n) is 1.46. The number of nitrogens with two attached hydrogens (primary N) is 1. The molecule has 3 nitrogen and oxygen atoms in total. The SMILES string of the molecule is COc1ccc(Br)c([C@@H](N)C(C)(C)C)c1O.Cl. The summed E-state index contributed by atoms with van der Waals surface area (Å²) < 4.78 is 5.88. The monoisotopic (exact) mass is 323 g/mol. The highest BCUT2D eigenvalue weighted by molar-refractivity contribution is 9.10. The van der Waals surface area contributed by atoms with E-state index in [0.717, 1.165) is 4.47 Å². The third-order valence-electron chi connectivity index (χ3n) is 2.59. The zero-order valence-electron chi connectivity index (χ0n) is 10.5. The lowest BCUT2D eigenvalue weighted by Crippen LogP contribution is -2.26. The predicted octanol–water partition coefficient (Wildman–Crippen LogP) is 3.63. The van der Waals surface area contributed by atoms with Crippen LogP contribution in [-0.2, 0) is 0 Å². The van der Waals surface area contributed by atoms with Crippen molar-refractivity contribution in [3.8, 4) is 11.5 Å². The van der Waals surface area contributed by atoms with Gasteiger partial charge in [0.25, 0.3) is 0 Å². The Morgan fingerprint density at radius 2 is 1.88 bits per heavy atom. The van der Waals surface area contributed by atoms with Crippen LogP contribution in [0, 0.1) is 5.41 Å². The van der Waals surface area contributed by atoms with Crippen LogP contribution in [-0.4, -0.2) is 12.2 Å². The fourth-order valence-corrected chi connectivity index (χ4v) is 2.02. The van der Waals surface area contributed by atoms with Gasteiger partial charge in [0.2, 0.25) is 0 Å². The lowest BCUT2D eigenvalue weighted by Gasteiger charge is -2.29. The Bertz CT molecular complexity index is 391. The van der Waals surface area contributed by atoms with Crippen LogP contribution in [0.5, 0.6) is 11.5 Å². The van der Waals surface area contributed by atoms with Crippen molar-refractivity contribution < 1.29 is 9.84 Å². The molecule has 0 spiro atoms. The second-order valence-corrected chi connectivity index (χ2v) is 5.71. The molecule has 0 bridgehead atoms. The second-order valence-electron chi connectivity index (χ2n) is 4.86. The van der Waals surface area contributed by atoms with Crippen LogP contribution in [0.3, 0.4) is 0 Å². The van der Waals surface area contributed by atoms with Crippen molar-refractivity contribution in [2.45, 2.75) is 26.8 Å². The van der Waals surface area contributed by atoms with Crippen molar-refractivity contribution >= 4 is 28.3 Å².